The monoisotopic (exact) mass is 322 g/mol. The summed E-state index contributed by atoms with van der Waals surface area (Å²) in [7, 11) is -2.96. The molecule has 0 bridgehead atoms. The molecule has 0 aliphatic carbocycles. The fourth-order valence-electron chi connectivity index (χ4n) is 2.67. The molecule has 0 aromatic carbocycles. The predicted molar refractivity (Wildman–Crippen MR) is 88.8 cm³/mol. The molecule has 1 heterocycles. The Labute approximate surface area is 128 Å². The number of sulfone groups is 1. The van der Waals surface area contributed by atoms with E-state index in [1.165, 1.54) is 0 Å². The molecule has 120 valence electrons. The molecule has 0 amide bonds. The van der Waals surface area contributed by atoms with Gasteiger partial charge >= 0.3 is 0 Å². The molecular formula is C14H30N2O2S2. The number of nitrogens with zero attached hydrogens (tertiary/aromatic N) is 1. The van der Waals surface area contributed by atoms with Gasteiger partial charge in [0.1, 0.15) is 5.37 Å². The topological polar surface area (TPSA) is 63.4 Å². The summed E-state index contributed by atoms with van der Waals surface area (Å²) in [5.41, 5.74) is 5.90. The SMILES string of the molecule is CCS(=O)(=O)C1CSCCN1CCCC(C)(C)CCN. The average Bonchev–Trinajstić information content (AvgIpc) is 2.39. The molecular weight excluding hydrogens is 292 g/mol. The molecule has 0 aromatic rings. The smallest absolute Gasteiger partial charge is 0.166 e. The molecule has 0 aromatic heterocycles. The van der Waals surface area contributed by atoms with Crippen LogP contribution in [0.2, 0.25) is 0 Å². The largest absolute Gasteiger partial charge is 0.330 e. The van der Waals surface area contributed by atoms with Gasteiger partial charge in [0.15, 0.2) is 9.84 Å². The molecule has 0 radical (unpaired) electrons. The van der Waals surface area contributed by atoms with E-state index >= 15 is 0 Å². The molecule has 0 spiro atoms. The number of hydrogen-bond acceptors (Lipinski definition) is 5. The third-order valence-corrected chi connectivity index (χ3v) is 7.46. The summed E-state index contributed by atoms with van der Waals surface area (Å²) in [6.45, 7) is 8.74. The molecule has 0 saturated carbocycles. The van der Waals surface area contributed by atoms with E-state index in [0.29, 0.717) is 0 Å². The molecule has 1 atom stereocenters. The van der Waals surface area contributed by atoms with Gasteiger partial charge in [-0.2, -0.15) is 11.8 Å². The lowest BCUT2D eigenvalue weighted by molar-refractivity contribution is 0.232. The maximum absolute atomic E-state index is 12.2. The fourth-order valence-corrected chi connectivity index (χ4v) is 5.78. The minimum absolute atomic E-state index is 0.243. The number of rotatable bonds is 8. The van der Waals surface area contributed by atoms with Gasteiger partial charge in [-0.3, -0.25) is 4.90 Å². The van der Waals surface area contributed by atoms with Crippen molar-refractivity contribution in [3.63, 3.8) is 0 Å². The van der Waals surface area contributed by atoms with Crippen LogP contribution in [-0.4, -0.2) is 55.6 Å². The Kier molecular flexibility index (Phi) is 7.32. The highest BCUT2D eigenvalue weighted by Gasteiger charge is 2.32. The minimum atomic E-state index is -2.96. The van der Waals surface area contributed by atoms with E-state index in [-0.39, 0.29) is 16.5 Å². The predicted octanol–water partition coefficient (Wildman–Crippen LogP) is 1.95. The van der Waals surface area contributed by atoms with Crippen molar-refractivity contribution in [2.24, 2.45) is 11.1 Å². The van der Waals surface area contributed by atoms with Crippen LogP contribution in [0.1, 0.15) is 40.0 Å². The highest BCUT2D eigenvalue weighted by atomic mass is 32.2. The Balaban J connectivity index is 2.52. The van der Waals surface area contributed by atoms with Gasteiger partial charge in [0.2, 0.25) is 0 Å². The second-order valence-corrected chi connectivity index (χ2v) is 9.92. The van der Waals surface area contributed by atoms with Gasteiger partial charge < -0.3 is 5.73 Å². The van der Waals surface area contributed by atoms with Crippen LogP contribution in [0.15, 0.2) is 0 Å². The Morgan fingerprint density at radius 3 is 2.65 bits per heavy atom. The van der Waals surface area contributed by atoms with Crippen molar-refractivity contribution in [2.75, 3.05) is 36.9 Å². The zero-order valence-electron chi connectivity index (χ0n) is 13.1. The van der Waals surface area contributed by atoms with E-state index in [9.17, 15) is 8.42 Å². The quantitative estimate of drug-likeness (QED) is 0.740. The van der Waals surface area contributed by atoms with Gasteiger partial charge in [0.25, 0.3) is 0 Å². The summed E-state index contributed by atoms with van der Waals surface area (Å²) < 4.78 is 24.3. The van der Waals surface area contributed by atoms with Crippen molar-refractivity contribution in [3.8, 4) is 0 Å². The average molecular weight is 323 g/mol. The maximum Gasteiger partial charge on any atom is 0.166 e. The Morgan fingerprint density at radius 2 is 2.05 bits per heavy atom. The van der Waals surface area contributed by atoms with Crippen molar-refractivity contribution in [2.45, 2.75) is 45.4 Å². The first-order valence-corrected chi connectivity index (χ1v) is 10.4. The van der Waals surface area contributed by atoms with Crippen LogP contribution in [-0.2, 0) is 9.84 Å². The molecule has 1 saturated heterocycles. The van der Waals surface area contributed by atoms with Gasteiger partial charge in [-0.1, -0.05) is 20.8 Å². The summed E-state index contributed by atoms with van der Waals surface area (Å²) in [5, 5.41) is -0.274. The zero-order chi connectivity index (χ0) is 15.2. The molecule has 1 unspecified atom stereocenters. The Morgan fingerprint density at radius 1 is 1.35 bits per heavy atom. The molecule has 20 heavy (non-hydrogen) atoms. The van der Waals surface area contributed by atoms with E-state index in [0.717, 1.165) is 50.4 Å². The standard InChI is InChI=1S/C14H30N2O2S2/c1-4-20(17,18)13-12-19-11-10-16(13)9-5-6-14(2,3)7-8-15/h13H,4-12,15H2,1-3H3. The van der Waals surface area contributed by atoms with Gasteiger partial charge in [-0.15, -0.1) is 0 Å². The molecule has 2 N–H and O–H groups in total. The summed E-state index contributed by atoms with van der Waals surface area (Å²) in [6.07, 6.45) is 3.18. The highest BCUT2D eigenvalue weighted by Crippen LogP contribution is 2.27. The molecule has 1 fully saturated rings. The Hall–Kier alpha value is 0.220. The first-order chi connectivity index (χ1) is 9.32. The lowest BCUT2D eigenvalue weighted by atomic mass is 9.84. The first kappa shape index (κ1) is 18.3. The number of nitrogens with two attached hydrogens (primary N) is 1. The Bertz CT molecular complexity index is 383. The van der Waals surface area contributed by atoms with Crippen LogP contribution in [0.5, 0.6) is 0 Å². The number of thioether (sulfide) groups is 1. The molecule has 6 heteroatoms. The van der Waals surface area contributed by atoms with Crippen LogP contribution < -0.4 is 5.73 Å². The van der Waals surface area contributed by atoms with Crippen LogP contribution in [0.4, 0.5) is 0 Å². The van der Waals surface area contributed by atoms with E-state index in [2.05, 4.69) is 18.7 Å². The highest BCUT2D eigenvalue weighted by molar-refractivity contribution is 8.01. The zero-order valence-corrected chi connectivity index (χ0v) is 14.7. The van der Waals surface area contributed by atoms with Gasteiger partial charge in [-0.25, -0.2) is 8.42 Å². The summed E-state index contributed by atoms with van der Waals surface area (Å²) in [5.74, 6) is 2.01. The third-order valence-electron chi connectivity index (χ3n) is 4.13. The molecule has 1 rings (SSSR count). The van der Waals surface area contributed by atoms with Gasteiger partial charge in [-0.05, 0) is 37.8 Å². The van der Waals surface area contributed by atoms with Crippen molar-refractivity contribution in [1.82, 2.24) is 4.90 Å². The van der Waals surface area contributed by atoms with Crippen molar-refractivity contribution >= 4 is 21.6 Å². The second kappa shape index (κ2) is 8.01. The van der Waals surface area contributed by atoms with Crippen molar-refractivity contribution in [3.05, 3.63) is 0 Å². The summed E-state index contributed by atoms with van der Waals surface area (Å²) in [4.78, 5) is 2.17. The van der Waals surface area contributed by atoms with Crippen molar-refractivity contribution < 1.29 is 8.42 Å². The lowest BCUT2D eigenvalue weighted by Gasteiger charge is -2.35. The van der Waals surface area contributed by atoms with E-state index in [1.54, 1.807) is 18.7 Å². The van der Waals surface area contributed by atoms with Crippen molar-refractivity contribution in [1.29, 1.82) is 0 Å². The first-order valence-electron chi connectivity index (χ1n) is 7.56. The molecule has 1 aliphatic heterocycles. The fraction of sp³-hybridized carbons (Fsp3) is 1.00. The van der Waals surface area contributed by atoms with Crippen LogP contribution >= 0.6 is 11.8 Å². The van der Waals surface area contributed by atoms with E-state index < -0.39 is 9.84 Å². The maximum atomic E-state index is 12.2. The minimum Gasteiger partial charge on any atom is -0.330 e. The van der Waals surface area contributed by atoms with Gasteiger partial charge in [0, 0.05) is 23.8 Å². The van der Waals surface area contributed by atoms with E-state index in [4.69, 9.17) is 5.73 Å². The van der Waals surface area contributed by atoms with Crippen LogP contribution in [0.3, 0.4) is 0 Å². The lowest BCUT2D eigenvalue weighted by Crippen LogP contribution is -2.48. The molecule has 1 aliphatic rings. The normalized spacial score (nSPS) is 22.1. The van der Waals surface area contributed by atoms with E-state index in [1.807, 2.05) is 0 Å². The van der Waals surface area contributed by atoms with Gasteiger partial charge in [0.05, 0.1) is 0 Å². The van der Waals surface area contributed by atoms with Crippen LogP contribution in [0.25, 0.3) is 0 Å². The second-order valence-electron chi connectivity index (χ2n) is 6.32. The van der Waals surface area contributed by atoms with Crippen LogP contribution in [0, 0.1) is 5.41 Å². The molecule has 4 nitrogen and oxygen atoms in total. The summed E-state index contributed by atoms with van der Waals surface area (Å²) >= 11 is 1.76. The summed E-state index contributed by atoms with van der Waals surface area (Å²) in [6, 6.07) is 0. The number of hydrogen-bond donors (Lipinski definition) is 1. The third kappa shape index (κ3) is 5.54.